The molecule has 4 heteroatoms. The Morgan fingerprint density at radius 2 is 1.68 bits per heavy atom. The number of nitrogens with zero attached hydrogens (tertiary/aromatic N) is 3. The van der Waals surface area contributed by atoms with Gasteiger partial charge in [-0.15, -0.1) is 0 Å². The zero-order chi connectivity index (χ0) is 25.1. The second-order valence-corrected chi connectivity index (χ2v) is 10.7. The van der Waals surface area contributed by atoms with Crippen molar-refractivity contribution in [2.75, 3.05) is 4.90 Å². The van der Waals surface area contributed by atoms with Crippen molar-refractivity contribution in [2.24, 2.45) is 5.92 Å². The van der Waals surface area contributed by atoms with Gasteiger partial charge in [-0.3, -0.25) is 4.90 Å². The van der Waals surface area contributed by atoms with Gasteiger partial charge in [0.25, 0.3) is 0 Å². The number of ether oxygens (including phenoxy) is 1. The number of anilines is 2. The Balaban J connectivity index is 1.32. The number of benzene rings is 2. The lowest BCUT2D eigenvalue weighted by Gasteiger charge is -2.33. The Morgan fingerprint density at radius 1 is 0.842 bits per heavy atom. The Kier molecular flexibility index (Phi) is 5.00. The molecule has 3 heterocycles. The molecule has 4 unspecified atom stereocenters. The third-order valence-corrected chi connectivity index (χ3v) is 8.66. The predicted octanol–water partition coefficient (Wildman–Crippen LogP) is 7.67. The van der Waals surface area contributed by atoms with Gasteiger partial charge in [0.15, 0.2) is 0 Å². The van der Waals surface area contributed by atoms with Crippen LogP contribution in [0, 0.1) is 5.92 Å². The van der Waals surface area contributed by atoms with E-state index >= 15 is 0 Å². The van der Waals surface area contributed by atoms with Crippen LogP contribution in [0.2, 0.25) is 0 Å². The van der Waals surface area contributed by atoms with Crippen LogP contribution in [-0.4, -0.2) is 22.1 Å². The second kappa shape index (κ2) is 8.70. The molecule has 0 saturated carbocycles. The molecule has 2 aromatic carbocycles. The van der Waals surface area contributed by atoms with E-state index in [1.807, 2.05) is 0 Å². The van der Waals surface area contributed by atoms with E-state index in [1.165, 1.54) is 22.4 Å². The number of rotatable bonds is 3. The standard InChI is InChI=1S/C34H29N3O/c1-3-11-22(12-4-1)28-21-29(23-13-5-2-6-14-23)36-34(35-28)37-30-17-9-7-15-24(30)26-19-20-27-25-16-8-10-18-31(25)38-33(27)32(26)37/h1-5,7-13,15-18,21,25-26,31-32H,6,14,19-20H2. The molecule has 0 bridgehead atoms. The monoisotopic (exact) mass is 495 g/mol. The Bertz CT molecular complexity index is 1580. The van der Waals surface area contributed by atoms with E-state index < -0.39 is 0 Å². The lowest BCUT2D eigenvalue weighted by Crippen LogP contribution is -2.36. The summed E-state index contributed by atoms with van der Waals surface area (Å²) in [4.78, 5) is 12.9. The van der Waals surface area contributed by atoms with E-state index in [1.54, 1.807) is 0 Å². The van der Waals surface area contributed by atoms with Gasteiger partial charge in [0.2, 0.25) is 5.95 Å². The van der Waals surface area contributed by atoms with E-state index in [0.717, 1.165) is 54.3 Å². The molecule has 8 rings (SSSR count). The van der Waals surface area contributed by atoms with Crippen molar-refractivity contribution in [3.63, 3.8) is 0 Å². The fourth-order valence-corrected chi connectivity index (χ4v) is 6.91. The quantitative estimate of drug-likeness (QED) is 0.374. The van der Waals surface area contributed by atoms with Crippen LogP contribution in [0.3, 0.4) is 0 Å². The Hall–Kier alpha value is -4.18. The highest BCUT2D eigenvalue weighted by molar-refractivity contribution is 5.76. The van der Waals surface area contributed by atoms with Crippen molar-refractivity contribution in [2.45, 2.75) is 43.7 Å². The minimum absolute atomic E-state index is 0.0719. The summed E-state index contributed by atoms with van der Waals surface area (Å²) in [7, 11) is 0. The van der Waals surface area contributed by atoms with Gasteiger partial charge in [0.1, 0.15) is 17.9 Å². The molecule has 38 heavy (non-hydrogen) atoms. The molecule has 0 fully saturated rings. The van der Waals surface area contributed by atoms with Crippen LogP contribution in [0.1, 0.15) is 42.9 Å². The van der Waals surface area contributed by atoms with E-state index in [0.29, 0.717) is 11.8 Å². The highest BCUT2D eigenvalue weighted by Crippen LogP contribution is 2.56. The molecule has 3 aliphatic carbocycles. The van der Waals surface area contributed by atoms with Gasteiger partial charge < -0.3 is 4.74 Å². The molecular formula is C34H29N3O. The maximum absolute atomic E-state index is 6.75. The molecule has 0 spiro atoms. The molecule has 4 atom stereocenters. The molecule has 1 aromatic heterocycles. The summed E-state index contributed by atoms with van der Waals surface area (Å²) in [5, 5.41) is 0. The molecule has 3 aromatic rings. The predicted molar refractivity (Wildman–Crippen MR) is 152 cm³/mol. The van der Waals surface area contributed by atoms with Crippen molar-refractivity contribution in [1.29, 1.82) is 0 Å². The zero-order valence-electron chi connectivity index (χ0n) is 21.2. The molecule has 0 saturated heterocycles. The van der Waals surface area contributed by atoms with Crippen LogP contribution in [0.25, 0.3) is 16.8 Å². The summed E-state index contributed by atoms with van der Waals surface area (Å²) in [5.41, 5.74) is 8.37. The highest BCUT2D eigenvalue weighted by Gasteiger charge is 2.51. The number of hydrogen-bond donors (Lipinski definition) is 0. The summed E-state index contributed by atoms with van der Waals surface area (Å²) in [6.07, 6.45) is 19.7. The van der Waals surface area contributed by atoms with Gasteiger partial charge in [0.05, 0.1) is 11.4 Å². The third kappa shape index (κ3) is 3.36. The van der Waals surface area contributed by atoms with Crippen LogP contribution in [0.5, 0.6) is 0 Å². The largest absolute Gasteiger partial charge is 0.488 e. The minimum Gasteiger partial charge on any atom is -0.488 e. The summed E-state index contributed by atoms with van der Waals surface area (Å²) in [5.74, 6) is 2.60. The normalized spacial score (nSPS) is 26.4. The SMILES string of the molecule is C1=CCCC(c2cc(-c3ccccc3)nc(N3c4ccccc4C4CCC5=C(OC6C=CC=CC56)C43)n2)=C1. The highest BCUT2D eigenvalue weighted by atomic mass is 16.5. The number of fused-ring (bicyclic) bond motifs is 6. The summed E-state index contributed by atoms with van der Waals surface area (Å²) in [6, 6.07) is 21.5. The van der Waals surface area contributed by atoms with Crippen molar-refractivity contribution < 1.29 is 4.74 Å². The number of hydrogen-bond acceptors (Lipinski definition) is 4. The first-order valence-electron chi connectivity index (χ1n) is 13.8. The molecular weight excluding hydrogens is 466 g/mol. The molecule has 4 nitrogen and oxygen atoms in total. The van der Waals surface area contributed by atoms with Crippen molar-refractivity contribution in [3.05, 3.63) is 126 Å². The average Bonchev–Trinajstić information content (AvgIpc) is 3.54. The molecule has 2 aliphatic heterocycles. The van der Waals surface area contributed by atoms with Crippen LogP contribution in [0.15, 0.2) is 115 Å². The number of allylic oxidation sites excluding steroid dienone is 6. The minimum atomic E-state index is 0.0719. The Morgan fingerprint density at radius 3 is 2.58 bits per heavy atom. The lowest BCUT2D eigenvalue weighted by atomic mass is 9.78. The Labute approximate surface area is 223 Å². The van der Waals surface area contributed by atoms with Gasteiger partial charge in [0, 0.05) is 23.1 Å². The average molecular weight is 496 g/mol. The topological polar surface area (TPSA) is 38.2 Å². The molecule has 0 N–H and O–H groups in total. The maximum Gasteiger partial charge on any atom is 0.231 e. The number of aromatic nitrogens is 2. The second-order valence-electron chi connectivity index (χ2n) is 10.7. The van der Waals surface area contributed by atoms with E-state index in [4.69, 9.17) is 14.7 Å². The van der Waals surface area contributed by atoms with Gasteiger partial charge >= 0.3 is 0 Å². The molecule has 0 amide bonds. The van der Waals surface area contributed by atoms with Crippen LogP contribution >= 0.6 is 0 Å². The summed E-state index contributed by atoms with van der Waals surface area (Å²) in [6.45, 7) is 0. The van der Waals surface area contributed by atoms with Gasteiger partial charge in [-0.25, -0.2) is 9.97 Å². The fraction of sp³-hybridized carbons (Fsp3) is 0.235. The van der Waals surface area contributed by atoms with Crippen LogP contribution in [-0.2, 0) is 4.74 Å². The smallest absolute Gasteiger partial charge is 0.231 e. The van der Waals surface area contributed by atoms with Crippen molar-refractivity contribution in [1.82, 2.24) is 9.97 Å². The van der Waals surface area contributed by atoms with E-state index in [2.05, 4.69) is 108 Å². The molecule has 186 valence electrons. The fourth-order valence-electron chi connectivity index (χ4n) is 6.91. The maximum atomic E-state index is 6.75. The van der Waals surface area contributed by atoms with Crippen molar-refractivity contribution in [3.8, 4) is 11.3 Å². The first kappa shape index (κ1) is 21.9. The molecule has 0 radical (unpaired) electrons. The lowest BCUT2D eigenvalue weighted by molar-refractivity contribution is 0.148. The summed E-state index contributed by atoms with van der Waals surface area (Å²) >= 11 is 0. The first-order chi connectivity index (χ1) is 18.8. The molecule has 5 aliphatic rings. The third-order valence-electron chi connectivity index (χ3n) is 8.66. The van der Waals surface area contributed by atoms with E-state index in [-0.39, 0.29) is 12.1 Å². The van der Waals surface area contributed by atoms with E-state index in [9.17, 15) is 0 Å². The zero-order valence-corrected chi connectivity index (χ0v) is 21.2. The van der Waals surface area contributed by atoms with Crippen molar-refractivity contribution >= 4 is 17.2 Å². The van der Waals surface area contributed by atoms with Gasteiger partial charge in [-0.05, 0) is 60.6 Å². The van der Waals surface area contributed by atoms with Gasteiger partial charge in [-0.2, -0.15) is 0 Å². The number of para-hydroxylation sites is 1. The first-order valence-corrected chi connectivity index (χ1v) is 13.8. The van der Waals surface area contributed by atoms with Gasteiger partial charge in [-0.1, -0.05) is 85.0 Å². The summed E-state index contributed by atoms with van der Waals surface area (Å²) < 4.78 is 6.75. The van der Waals surface area contributed by atoms with Crippen LogP contribution < -0.4 is 4.90 Å². The van der Waals surface area contributed by atoms with Crippen LogP contribution in [0.4, 0.5) is 11.6 Å².